The second-order valence-electron chi connectivity index (χ2n) is 4.40. The van der Waals surface area contributed by atoms with Crippen LogP contribution in [0.3, 0.4) is 0 Å². The third-order valence-corrected chi connectivity index (χ3v) is 3.36. The molecule has 0 spiro atoms. The minimum Gasteiger partial charge on any atom is -0.347 e. The summed E-state index contributed by atoms with van der Waals surface area (Å²) in [4.78, 5) is 23.6. The standard InChI is InChI=1S/C12H21N5OS.HI/c1-9-15-10(8-19-9)7-17(5)12(13-2)14-6-11(18)16(3)4;/h8H,6-7H2,1-5H3,(H,13,14);1H. The van der Waals surface area contributed by atoms with E-state index in [0.717, 1.165) is 10.7 Å². The number of nitrogens with one attached hydrogen (secondary N) is 1. The molecule has 0 aromatic carbocycles. The van der Waals surface area contributed by atoms with Crippen LogP contribution in [0.15, 0.2) is 10.4 Å². The van der Waals surface area contributed by atoms with Crippen LogP contribution < -0.4 is 5.32 Å². The van der Waals surface area contributed by atoms with Gasteiger partial charge in [0.25, 0.3) is 0 Å². The average Bonchev–Trinajstić information content (AvgIpc) is 2.75. The Bertz CT molecular complexity index is 460. The Balaban J connectivity index is 0.00000361. The first-order valence-corrected chi connectivity index (χ1v) is 6.85. The maximum absolute atomic E-state index is 11.5. The van der Waals surface area contributed by atoms with Crippen molar-refractivity contribution >= 4 is 47.2 Å². The second kappa shape index (κ2) is 9.11. The highest BCUT2D eigenvalue weighted by Crippen LogP contribution is 2.09. The van der Waals surface area contributed by atoms with E-state index in [1.165, 1.54) is 0 Å². The maximum atomic E-state index is 11.5. The molecule has 1 aromatic heterocycles. The third kappa shape index (κ3) is 6.04. The van der Waals surface area contributed by atoms with E-state index < -0.39 is 0 Å². The topological polar surface area (TPSA) is 60.8 Å². The molecule has 1 aromatic rings. The van der Waals surface area contributed by atoms with Gasteiger partial charge in [-0.05, 0) is 6.92 Å². The largest absolute Gasteiger partial charge is 0.347 e. The van der Waals surface area contributed by atoms with E-state index in [4.69, 9.17) is 0 Å². The Labute approximate surface area is 141 Å². The Morgan fingerprint density at radius 3 is 2.55 bits per heavy atom. The first-order chi connectivity index (χ1) is 8.93. The normalized spacial score (nSPS) is 10.8. The van der Waals surface area contributed by atoms with Crippen LogP contribution in [0.2, 0.25) is 0 Å². The molecule has 1 N–H and O–H groups in total. The zero-order valence-electron chi connectivity index (χ0n) is 12.5. The molecule has 114 valence electrons. The molecular formula is C12H22IN5OS. The zero-order valence-corrected chi connectivity index (χ0v) is 15.7. The van der Waals surface area contributed by atoms with Crippen LogP contribution in [0.1, 0.15) is 10.7 Å². The van der Waals surface area contributed by atoms with Gasteiger partial charge >= 0.3 is 0 Å². The lowest BCUT2D eigenvalue weighted by molar-refractivity contribution is -0.127. The molecular weight excluding hydrogens is 389 g/mol. The Kier molecular flexibility index (Phi) is 8.70. The number of aromatic nitrogens is 1. The number of likely N-dealkylation sites (N-methyl/N-ethyl adjacent to an activating group) is 1. The zero-order chi connectivity index (χ0) is 14.4. The molecule has 1 amide bonds. The fourth-order valence-corrected chi connectivity index (χ4v) is 2.10. The highest BCUT2D eigenvalue weighted by Gasteiger charge is 2.10. The summed E-state index contributed by atoms with van der Waals surface area (Å²) in [6.07, 6.45) is 0. The van der Waals surface area contributed by atoms with E-state index in [0.29, 0.717) is 12.5 Å². The molecule has 0 radical (unpaired) electrons. The van der Waals surface area contributed by atoms with Gasteiger partial charge in [-0.2, -0.15) is 0 Å². The minimum absolute atomic E-state index is 0. The number of aliphatic imine (C=N–C) groups is 1. The third-order valence-electron chi connectivity index (χ3n) is 2.54. The van der Waals surface area contributed by atoms with Gasteiger partial charge in [-0.15, -0.1) is 35.3 Å². The molecule has 0 aliphatic carbocycles. The van der Waals surface area contributed by atoms with Crippen molar-refractivity contribution in [3.05, 3.63) is 16.1 Å². The van der Waals surface area contributed by atoms with Gasteiger partial charge in [-0.3, -0.25) is 9.79 Å². The van der Waals surface area contributed by atoms with Gasteiger partial charge in [0.1, 0.15) is 0 Å². The number of guanidine groups is 1. The van der Waals surface area contributed by atoms with Crippen molar-refractivity contribution in [1.29, 1.82) is 0 Å². The van der Waals surface area contributed by atoms with E-state index in [1.807, 2.05) is 24.3 Å². The number of hydrogen-bond acceptors (Lipinski definition) is 4. The van der Waals surface area contributed by atoms with Crippen molar-refractivity contribution in [2.45, 2.75) is 13.5 Å². The van der Waals surface area contributed by atoms with Gasteiger partial charge in [-0.1, -0.05) is 0 Å². The minimum atomic E-state index is 0. The molecule has 20 heavy (non-hydrogen) atoms. The Morgan fingerprint density at radius 1 is 1.45 bits per heavy atom. The van der Waals surface area contributed by atoms with Crippen molar-refractivity contribution in [1.82, 2.24) is 20.1 Å². The summed E-state index contributed by atoms with van der Waals surface area (Å²) in [5.74, 6) is 0.694. The molecule has 1 rings (SSSR count). The number of carbonyl (C=O) groups is 1. The molecule has 0 unspecified atom stereocenters. The van der Waals surface area contributed by atoms with Crippen LogP contribution in [0, 0.1) is 6.92 Å². The molecule has 0 fully saturated rings. The molecule has 0 saturated carbocycles. The predicted molar refractivity (Wildman–Crippen MR) is 93.8 cm³/mol. The number of hydrogen-bond donors (Lipinski definition) is 1. The van der Waals surface area contributed by atoms with Crippen molar-refractivity contribution in [3.63, 3.8) is 0 Å². The maximum Gasteiger partial charge on any atom is 0.241 e. The number of thiazole rings is 1. The summed E-state index contributed by atoms with van der Waals surface area (Å²) in [5, 5.41) is 6.12. The summed E-state index contributed by atoms with van der Waals surface area (Å²) in [5.41, 5.74) is 1.01. The molecule has 6 nitrogen and oxygen atoms in total. The SMILES string of the molecule is CN=C(NCC(=O)N(C)C)N(C)Cc1csc(C)n1.I. The van der Waals surface area contributed by atoms with E-state index >= 15 is 0 Å². The number of amides is 1. The monoisotopic (exact) mass is 411 g/mol. The van der Waals surface area contributed by atoms with Gasteiger partial charge in [0.05, 0.1) is 23.8 Å². The van der Waals surface area contributed by atoms with Crippen LogP contribution in [0.4, 0.5) is 0 Å². The van der Waals surface area contributed by atoms with E-state index in [2.05, 4.69) is 15.3 Å². The first kappa shape index (κ1) is 19.1. The van der Waals surface area contributed by atoms with E-state index in [9.17, 15) is 4.79 Å². The Hall–Kier alpha value is -0.900. The van der Waals surface area contributed by atoms with Gasteiger partial charge in [0.2, 0.25) is 5.91 Å². The number of carbonyl (C=O) groups excluding carboxylic acids is 1. The van der Waals surface area contributed by atoms with Crippen LogP contribution in [-0.2, 0) is 11.3 Å². The fraction of sp³-hybridized carbons (Fsp3) is 0.583. The smallest absolute Gasteiger partial charge is 0.241 e. The number of aryl methyl sites for hydroxylation is 1. The quantitative estimate of drug-likeness (QED) is 0.459. The average molecular weight is 411 g/mol. The van der Waals surface area contributed by atoms with Gasteiger partial charge < -0.3 is 15.1 Å². The summed E-state index contributed by atoms with van der Waals surface area (Å²) in [6.45, 7) is 2.89. The highest BCUT2D eigenvalue weighted by atomic mass is 127. The molecule has 0 bridgehead atoms. The molecule has 0 aliphatic rings. The fourth-order valence-electron chi connectivity index (χ4n) is 1.50. The Morgan fingerprint density at radius 2 is 2.10 bits per heavy atom. The summed E-state index contributed by atoms with van der Waals surface area (Å²) in [7, 11) is 7.08. The van der Waals surface area contributed by atoms with Crippen LogP contribution >= 0.6 is 35.3 Å². The molecule has 1 heterocycles. The first-order valence-electron chi connectivity index (χ1n) is 5.97. The lowest BCUT2D eigenvalue weighted by Crippen LogP contribution is -2.43. The molecule has 0 atom stereocenters. The lowest BCUT2D eigenvalue weighted by Gasteiger charge is -2.21. The lowest BCUT2D eigenvalue weighted by atomic mass is 10.4. The molecule has 8 heteroatoms. The number of halogens is 1. The molecule has 0 saturated heterocycles. The number of rotatable bonds is 4. The second-order valence-corrected chi connectivity index (χ2v) is 5.47. The van der Waals surface area contributed by atoms with Crippen molar-refractivity contribution in [3.8, 4) is 0 Å². The summed E-state index contributed by atoms with van der Waals surface area (Å²) >= 11 is 1.63. The van der Waals surface area contributed by atoms with Crippen LogP contribution in [0.5, 0.6) is 0 Å². The van der Waals surface area contributed by atoms with E-state index in [-0.39, 0.29) is 36.4 Å². The van der Waals surface area contributed by atoms with Crippen molar-refractivity contribution in [2.75, 3.05) is 34.7 Å². The van der Waals surface area contributed by atoms with Crippen molar-refractivity contribution < 1.29 is 4.79 Å². The van der Waals surface area contributed by atoms with Gasteiger partial charge in [0.15, 0.2) is 5.96 Å². The summed E-state index contributed by atoms with van der Waals surface area (Å²) in [6, 6.07) is 0. The van der Waals surface area contributed by atoms with Crippen LogP contribution in [-0.4, -0.2) is 61.4 Å². The van der Waals surface area contributed by atoms with Gasteiger partial charge in [0, 0.05) is 33.6 Å². The highest BCUT2D eigenvalue weighted by molar-refractivity contribution is 14.0. The van der Waals surface area contributed by atoms with Crippen molar-refractivity contribution in [2.24, 2.45) is 4.99 Å². The van der Waals surface area contributed by atoms with Crippen LogP contribution in [0.25, 0.3) is 0 Å². The predicted octanol–water partition coefficient (Wildman–Crippen LogP) is 1.16. The number of nitrogens with zero attached hydrogens (tertiary/aromatic N) is 4. The molecule has 0 aliphatic heterocycles. The van der Waals surface area contributed by atoms with Gasteiger partial charge in [-0.25, -0.2) is 4.98 Å². The summed E-state index contributed by atoms with van der Waals surface area (Å²) < 4.78 is 0. The van der Waals surface area contributed by atoms with E-state index in [1.54, 1.807) is 37.4 Å².